The lowest BCUT2D eigenvalue weighted by atomic mass is 9.85. The van der Waals surface area contributed by atoms with E-state index < -0.39 is 0 Å². The van der Waals surface area contributed by atoms with Crippen molar-refractivity contribution in [2.75, 3.05) is 12.8 Å². The number of aryl methyl sites for hydroxylation is 1. The van der Waals surface area contributed by atoms with E-state index in [1.807, 2.05) is 19.1 Å². The fourth-order valence-corrected chi connectivity index (χ4v) is 3.68. The first-order chi connectivity index (χ1) is 9.61. The molecule has 1 aliphatic rings. The maximum absolute atomic E-state index is 12.0. The lowest BCUT2D eigenvalue weighted by molar-refractivity contribution is -0.136. The number of nitrogens with two attached hydrogens (primary N) is 1. The first-order valence-electron chi connectivity index (χ1n) is 6.99. The highest BCUT2D eigenvalue weighted by Gasteiger charge is 2.36. The molecule has 1 aliphatic heterocycles. The monoisotopic (exact) mass is 306 g/mol. The molecule has 4 nitrogen and oxygen atoms in total. The standard InChI is InChI=1S/C16H22N2O2S/c1-9-6-10(7-11(14(9)17)16(2,3)4)21-12-8-13(19)18(5)15(12)20/h6-7,12H,8,17H2,1-5H3. The SMILES string of the molecule is Cc1cc(SC2CC(=O)N(C)C2=O)cc(C(C)(C)C)c1N. The summed E-state index contributed by atoms with van der Waals surface area (Å²) in [5, 5.41) is -0.321. The fourth-order valence-electron chi connectivity index (χ4n) is 2.43. The van der Waals surface area contributed by atoms with Gasteiger partial charge in [0, 0.05) is 24.1 Å². The molecule has 1 unspecified atom stereocenters. The van der Waals surface area contributed by atoms with E-state index in [1.165, 1.54) is 16.7 Å². The molecule has 114 valence electrons. The highest BCUT2D eigenvalue weighted by Crippen LogP contribution is 2.37. The van der Waals surface area contributed by atoms with E-state index >= 15 is 0 Å². The summed E-state index contributed by atoms with van der Waals surface area (Å²) in [7, 11) is 1.54. The molecule has 1 heterocycles. The number of hydrogen-bond donors (Lipinski definition) is 1. The van der Waals surface area contributed by atoms with Crippen LogP contribution in [0, 0.1) is 6.92 Å². The van der Waals surface area contributed by atoms with Crippen LogP contribution in [0.1, 0.15) is 38.3 Å². The molecule has 1 aromatic rings. The van der Waals surface area contributed by atoms with Crippen molar-refractivity contribution in [3.05, 3.63) is 23.3 Å². The number of anilines is 1. The molecule has 0 aromatic heterocycles. The summed E-state index contributed by atoms with van der Waals surface area (Å²) >= 11 is 1.45. The minimum atomic E-state index is -0.321. The number of nitrogens with zero attached hydrogens (tertiary/aromatic N) is 1. The maximum Gasteiger partial charge on any atom is 0.242 e. The molecule has 0 radical (unpaired) electrons. The van der Waals surface area contributed by atoms with Crippen molar-refractivity contribution in [1.29, 1.82) is 0 Å². The van der Waals surface area contributed by atoms with Crippen LogP contribution >= 0.6 is 11.8 Å². The number of benzene rings is 1. The molecule has 2 N–H and O–H groups in total. The highest BCUT2D eigenvalue weighted by atomic mass is 32.2. The van der Waals surface area contributed by atoms with Crippen molar-refractivity contribution in [2.24, 2.45) is 0 Å². The predicted octanol–water partition coefficient (Wildman–Crippen LogP) is 2.72. The van der Waals surface area contributed by atoms with Crippen molar-refractivity contribution in [2.45, 2.75) is 49.7 Å². The van der Waals surface area contributed by atoms with Crippen LogP contribution in [0.2, 0.25) is 0 Å². The molecule has 2 rings (SSSR count). The van der Waals surface area contributed by atoms with Gasteiger partial charge in [-0.15, -0.1) is 11.8 Å². The number of rotatable bonds is 2. The minimum Gasteiger partial charge on any atom is -0.398 e. The molecule has 1 atom stereocenters. The van der Waals surface area contributed by atoms with Crippen molar-refractivity contribution < 1.29 is 9.59 Å². The summed E-state index contributed by atoms with van der Waals surface area (Å²) in [6, 6.07) is 4.04. The zero-order valence-corrected chi connectivity index (χ0v) is 14.0. The van der Waals surface area contributed by atoms with Gasteiger partial charge in [0.2, 0.25) is 11.8 Å². The molecular weight excluding hydrogens is 284 g/mol. The van der Waals surface area contributed by atoms with Crippen molar-refractivity contribution >= 4 is 29.3 Å². The van der Waals surface area contributed by atoms with Crippen LogP contribution in [0.5, 0.6) is 0 Å². The van der Waals surface area contributed by atoms with Gasteiger partial charge in [-0.3, -0.25) is 14.5 Å². The van der Waals surface area contributed by atoms with E-state index in [2.05, 4.69) is 20.8 Å². The number of carbonyl (C=O) groups is 2. The normalized spacial score (nSPS) is 19.5. The Balaban J connectivity index is 2.32. The number of carbonyl (C=O) groups excluding carboxylic acids is 2. The zero-order chi connectivity index (χ0) is 15.9. The van der Waals surface area contributed by atoms with Gasteiger partial charge in [-0.25, -0.2) is 0 Å². The molecule has 2 amide bonds. The van der Waals surface area contributed by atoms with Crippen LogP contribution in [0.4, 0.5) is 5.69 Å². The van der Waals surface area contributed by atoms with Gasteiger partial charge in [0.15, 0.2) is 0 Å². The highest BCUT2D eigenvalue weighted by molar-refractivity contribution is 8.00. The van der Waals surface area contributed by atoms with Gasteiger partial charge < -0.3 is 5.73 Å². The summed E-state index contributed by atoms with van der Waals surface area (Å²) < 4.78 is 0. The molecule has 0 spiro atoms. The molecule has 0 aliphatic carbocycles. The topological polar surface area (TPSA) is 63.4 Å². The Morgan fingerprint density at radius 2 is 1.90 bits per heavy atom. The average Bonchev–Trinajstić information content (AvgIpc) is 2.60. The van der Waals surface area contributed by atoms with Crippen molar-refractivity contribution in [1.82, 2.24) is 4.90 Å². The molecule has 1 aromatic carbocycles. The molecular formula is C16H22N2O2S. The van der Waals surface area contributed by atoms with Crippen LogP contribution < -0.4 is 5.73 Å². The second-order valence-electron chi connectivity index (χ2n) is 6.55. The zero-order valence-electron chi connectivity index (χ0n) is 13.2. The van der Waals surface area contributed by atoms with E-state index in [0.717, 1.165) is 21.7 Å². The van der Waals surface area contributed by atoms with Crippen LogP contribution in [0.25, 0.3) is 0 Å². The maximum atomic E-state index is 12.0. The third-order valence-electron chi connectivity index (χ3n) is 3.79. The summed E-state index contributed by atoms with van der Waals surface area (Å²) in [6.07, 6.45) is 0.272. The Bertz CT molecular complexity index is 605. The van der Waals surface area contributed by atoms with E-state index in [-0.39, 0.29) is 28.9 Å². The summed E-state index contributed by atoms with van der Waals surface area (Å²) in [4.78, 5) is 25.8. The minimum absolute atomic E-state index is 0.0578. The third kappa shape index (κ3) is 3.07. The second kappa shape index (κ2) is 5.37. The first kappa shape index (κ1) is 15.9. The van der Waals surface area contributed by atoms with Gasteiger partial charge in [-0.2, -0.15) is 0 Å². The Morgan fingerprint density at radius 1 is 1.29 bits per heavy atom. The number of amides is 2. The number of nitrogen functional groups attached to an aromatic ring is 1. The van der Waals surface area contributed by atoms with E-state index in [1.54, 1.807) is 7.05 Å². The van der Waals surface area contributed by atoms with Gasteiger partial charge in [0.1, 0.15) is 0 Å². The summed E-state index contributed by atoms with van der Waals surface area (Å²) in [5.41, 5.74) is 9.01. The number of likely N-dealkylation sites (tertiary alicyclic amines) is 1. The van der Waals surface area contributed by atoms with Crippen molar-refractivity contribution in [3.63, 3.8) is 0 Å². The average molecular weight is 306 g/mol. The first-order valence-corrected chi connectivity index (χ1v) is 7.87. The largest absolute Gasteiger partial charge is 0.398 e. The summed E-state index contributed by atoms with van der Waals surface area (Å²) in [5.74, 6) is -0.225. The Hall–Kier alpha value is -1.49. The fraction of sp³-hybridized carbons (Fsp3) is 0.500. The lowest BCUT2D eigenvalue weighted by Crippen LogP contribution is -2.26. The second-order valence-corrected chi connectivity index (χ2v) is 7.83. The quantitative estimate of drug-likeness (QED) is 0.674. The molecule has 5 heteroatoms. The van der Waals surface area contributed by atoms with E-state index in [0.29, 0.717) is 0 Å². The van der Waals surface area contributed by atoms with Crippen LogP contribution in [0.3, 0.4) is 0 Å². The van der Waals surface area contributed by atoms with Crippen LogP contribution in [-0.2, 0) is 15.0 Å². The molecule has 21 heavy (non-hydrogen) atoms. The van der Waals surface area contributed by atoms with Crippen LogP contribution in [0.15, 0.2) is 17.0 Å². The van der Waals surface area contributed by atoms with Gasteiger partial charge in [-0.05, 0) is 35.6 Å². The Kier molecular flexibility index (Phi) is 4.06. The Morgan fingerprint density at radius 3 is 2.38 bits per heavy atom. The number of thioether (sulfide) groups is 1. The van der Waals surface area contributed by atoms with Gasteiger partial charge in [0.05, 0.1) is 5.25 Å². The van der Waals surface area contributed by atoms with Gasteiger partial charge >= 0.3 is 0 Å². The van der Waals surface area contributed by atoms with E-state index in [4.69, 9.17) is 5.73 Å². The molecule has 1 saturated heterocycles. The van der Waals surface area contributed by atoms with Gasteiger partial charge in [0.25, 0.3) is 0 Å². The number of imide groups is 1. The molecule has 0 saturated carbocycles. The lowest BCUT2D eigenvalue weighted by Gasteiger charge is -2.24. The molecule has 1 fully saturated rings. The van der Waals surface area contributed by atoms with Crippen LogP contribution in [-0.4, -0.2) is 29.0 Å². The third-order valence-corrected chi connectivity index (χ3v) is 4.95. The number of hydrogen-bond acceptors (Lipinski definition) is 4. The predicted molar refractivity (Wildman–Crippen MR) is 86.3 cm³/mol. The summed E-state index contributed by atoms with van der Waals surface area (Å²) in [6.45, 7) is 8.32. The van der Waals surface area contributed by atoms with Crippen molar-refractivity contribution in [3.8, 4) is 0 Å². The smallest absolute Gasteiger partial charge is 0.242 e. The van der Waals surface area contributed by atoms with E-state index in [9.17, 15) is 9.59 Å². The van der Waals surface area contributed by atoms with Gasteiger partial charge in [-0.1, -0.05) is 20.8 Å². The molecule has 0 bridgehead atoms. The Labute approximate surface area is 130 Å².